The van der Waals surface area contributed by atoms with Gasteiger partial charge in [0.1, 0.15) is 0 Å². The van der Waals surface area contributed by atoms with E-state index in [-0.39, 0.29) is 17.9 Å². The molecule has 2 fully saturated rings. The molecule has 2 aromatic carbocycles. The number of hydrogen-bond acceptors (Lipinski definition) is 3. The minimum Gasteiger partial charge on any atom is -0.338 e. The highest BCUT2D eigenvalue weighted by molar-refractivity contribution is 6.35. The van der Waals surface area contributed by atoms with Gasteiger partial charge in [0.2, 0.25) is 5.91 Å². The van der Waals surface area contributed by atoms with Crippen molar-refractivity contribution in [2.24, 2.45) is 0 Å². The maximum absolute atomic E-state index is 13.2. The summed E-state index contributed by atoms with van der Waals surface area (Å²) in [6.07, 6.45) is 1.93. The van der Waals surface area contributed by atoms with Gasteiger partial charge < -0.3 is 9.80 Å². The molecular formula is C23H25Cl2N3O2. The topological polar surface area (TPSA) is 43.9 Å². The lowest BCUT2D eigenvalue weighted by atomic mass is 10.1. The summed E-state index contributed by atoms with van der Waals surface area (Å²) in [5.41, 5.74) is 1.71. The minimum absolute atomic E-state index is 0.0702. The standard InChI is InChI=1S/C23H25Cl2N3O2/c24-19-13-18(14-20(25)15-19)22(29)26-9-11-27(12-10-26)23(30)21-7-4-8-28(21)16-17-5-2-1-3-6-17/h1-3,5-6,13-15,21H,4,7-12,16H2. The average molecular weight is 446 g/mol. The Bertz CT molecular complexity index is 894. The van der Waals surface area contributed by atoms with E-state index in [1.807, 2.05) is 23.1 Å². The summed E-state index contributed by atoms with van der Waals surface area (Å²) in [4.78, 5) is 31.9. The largest absolute Gasteiger partial charge is 0.338 e. The molecule has 2 saturated heterocycles. The predicted octanol–water partition coefficient (Wildman–Crippen LogP) is 3.94. The molecule has 0 aliphatic carbocycles. The third-order valence-corrected chi connectivity index (χ3v) is 6.30. The van der Waals surface area contributed by atoms with Gasteiger partial charge >= 0.3 is 0 Å². The molecule has 7 heteroatoms. The zero-order valence-corrected chi connectivity index (χ0v) is 18.3. The Balaban J connectivity index is 1.35. The maximum atomic E-state index is 13.2. The molecule has 0 aromatic heterocycles. The molecule has 4 rings (SSSR count). The van der Waals surface area contributed by atoms with E-state index in [1.54, 1.807) is 23.1 Å². The molecule has 30 heavy (non-hydrogen) atoms. The quantitative estimate of drug-likeness (QED) is 0.715. The van der Waals surface area contributed by atoms with Gasteiger partial charge in [-0.25, -0.2) is 0 Å². The smallest absolute Gasteiger partial charge is 0.254 e. The number of amides is 2. The Morgan fingerprint density at radius 1 is 0.867 bits per heavy atom. The monoisotopic (exact) mass is 445 g/mol. The first-order valence-corrected chi connectivity index (χ1v) is 11.1. The molecule has 0 N–H and O–H groups in total. The van der Waals surface area contributed by atoms with Gasteiger partial charge in [-0.1, -0.05) is 53.5 Å². The van der Waals surface area contributed by atoms with Crippen molar-refractivity contribution in [2.75, 3.05) is 32.7 Å². The molecule has 2 aliphatic heterocycles. The summed E-state index contributed by atoms with van der Waals surface area (Å²) in [5.74, 6) is 0.0828. The fourth-order valence-electron chi connectivity index (χ4n) is 4.31. The Hall–Kier alpha value is -2.08. The van der Waals surface area contributed by atoms with Crippen molar-refractivity contribution in [2.45, 2.75) is 25.4 Å². The van der Waals surface area contributed by atoms with Gasteiger partial charge in [0.25, 0.3) is 5.91 Å². The van der Waals surface area contributed by atoms with E-state index in [0.29, 0.717) is 41.8 Å². The second-order valence-electron chi connectivity index (χ2n) is 7.89. The number of carbonyl (C=O) groups excluding carboxylic acids is 2. The van der Waals surface area contributed by atoms with Crippen LogP contribution >= 0.6 is 23.2 Å². The number of piperazine rings is 1. The third kappa shape index (κ3) is 4.80. The molecule has 5 nitrogen and oxygen atoms in total. The number of benzene rings is 2. The first-order valence-electron chi connectivity index (χ1n) is 10.3. The molecule has 0 radical (unpaired) electrons. The molecule has 0 spiro atoms. The van der Waals surface area contributed by atoms with Gasteiger partial charge in [-0.15, -0.1) is 0 Å². The second-order valence-corrected chi connectivity index (χ2v) is 8.76. The van der Waals surface area contributed by atoms with Gasteiger partial charge in [-0.2, -0.15) is 0 Å². The lowest BCUT2D eigenvalue weighted by molar-refractivity contribution is -0.137. The highest BCUT2D eigenvalue weighted by atomic mass is 35.5. The van der Waals surface area contributed by atoms with Crippen LogP contribution in [0.25, 0.3) is 0 Å². The first kappa shape index (κ1) is 21.2. The molecule has 2 amide bonds. The van der Waals surface area contributed by atoms with Crippen molar-refractivity contribution < 1.29 is 9.59 Å². The van der Waals surface area contributed by atoms with E-state index in [1.165, 1.54) is 5.56 Å². The van der Waals surface area contributed by atoms with E-state index >= 15 is 0 Å². The van der Waals surface area contributed by atoms with E-state index in [0.717, 1.165) is 25.9 Å². The third-order valence-electron chi connectivity index (χ3n) is 5.87. The minimum atomic E-state index is -0.0990. The summed E-state index contributed by atoms with van der Waals surface area (Å²) in [6, 6.07) is 15.1. The van der Waals surface area contributed by atoms with Crippen LogP contribution in [0.3, 0.4) is 0 Å². The predicted molar refractivity (Wildman–Crippen MR) is 119 cm³/mol. The summed E-state index contributed by atoms with van der Waals surface area (Å²) in [5, 5.41) is 0.888. The van der Waals surface area contributed by atoms with Crippen LogP contribution in [-0.4, -0.2) is 65.3 Å². The molecule has 158 valence electrons. The van der Waals surface area contributed by atoms with Gasteiger partial charge in [-0.3, -0.25) is 14.5 Å². The summed E-state index contributed by atoms with van der Waals surface area (Å²) < 4.78 is 0. The summed E-state index contributed by atoms with van der Waals surface area (Å²) in [6.45, 7) is 3.87. The number of rotatable bonds is 4. The van der Waals surface area contributed by atoms with E-state index < -0.39 is 0 Å². The molecule has 1 atom stereocenters. The van der Waals surface area contributed by atoms with E-state index in [9.17, 15) is 9.59 Å². The number of halogens is 2. The van der Waals surface area contributed by atoms with Crippen LogP contribution in [0.1, 0.15) is 28.8 Å². The average Bonchev–Trinajstić information content (AvgIpc) is 3.21. The van der Waals surface area contributed by atoms with Crippen molar-refractivity contribution in [1.29, 1.82) is 0 Å². The highest BCUT2D eigenvalue weighted by Crippen LogP contribution is 2.24. The maximum Gasteiger partial charge on any atom is 0.254 e. The number of nitrogens with zero attached hydrogens (tertiary/aromatic N) is 3. The molecule has 0 saturated carbocycles. The Morgan fingerprint density at radius 3 is 2.17 bits per heavy atom. The molecule has 0 bridgehead atoms. The van der Waals surface area contributed by atoms with Crippen LogP contribution in [0, 0.1) is 0 Å². The van der Waals surface area contributed by atoms with Crippen LogP contribution < -0.4 is 0 Å². The molecule has 2 aromatic rings. The number of likely N-dealkylation sites (tertiary alicyclic amines) is 1. The van der Waals surface area contributed by atoms with Gasteiger partial charge in [0.15, 0.2) is 0 Å². The molecule has 2 aliphatic rings. The zero-order valence-electron chi connectivity index (χ0n) is 16.8. The van der Waals surface area contributed by atoms with Gasteiger partial charge in [-0.05, 0) is 43.1 Å². The highest BCUT2D eigenvalue weighted by Gasteiger charge is 2.35. The number of carbonyl (C=O) groups is 2. The zero-order chi connectivity index (χ0) is 21.1. The van der Waals surface area contributed by atoms with Crippen molar-refractivity contribution in [3.05, 3.63) is 69.7 Å². The SMILES string of the molecule is O=C(c1cc(Cl)cc(Cl)c1)N1CCN(C(=O)C2CCCN2Cc2ccccc2)CC1. The van der Waals surface area contributed by atoms with E-state index in [2.05, 4.69) is 17.0 Å². The van der Waals surface area contributed by atoms with E-state index in [4.69, 9.17) is 23.2 Å². The van der Waals surface area contributed by atoms with Crippen molar-refractivity contribution in [3.63, 3.8) is 0 Å². The lowest BCUT2D eigenvalue weighted by Crippen LogP contribution is -2.54. The Morgan fingerprint density at radius 2 is 1.50 bits per heavy atom. The second kappa shape index (κ2) is 9.38. The number of hydrogen-bond donors (Lipinski definition) is 0. The van der Waals surface area contributed by atoms with Crippen LogP contribution in [0.2, 0.25) is 10.0 Å². The summed E-state index contributed by atoms with van der Waals surface area (Å²) >= 11 is 12.1. The van der Waals surface area contributed by atoms with Crippen LogP contribution in [0.5, 0.6) is 0 Å². The lowest BCUT2D eigenvalue weighted by Gasteiger charge is -2.37. The van der Waals surface area contributed by atoms with Gasteiger partial charge in [0.05, 0.1) is 6.04 Å². The Labute approximate surface area is 187 Å². The van der Waals surface area contributed by atoms with Crippen LogP contribution in [0.4, 0.5) is 0 Å². The van der Waals surface area contributed by atoms with Gasteiger partial charge in [0, 0.05) is 48.3 Å². The fraction of sp³-hybridized carbons (Fsp3) is 0.391. The first-order chi connectivity index (χ1) is 14.5. The summed E-state index contributed by atoms with van der Waals surface area (Å²) in [7, 11) is 0. The van der Waals surface area contributed by atoms with Crippen LogP contribution in [-0.2, 0) is 11.3 Å². The van der Waals surface area contributed by atoms with Crippen molar-refractivity contribution in [3.8, 4) is 0 Å². The normalized spacial score (nSPS) is 19.9. The van der Waals surface area contributed by atoms with Crippen molar-refractivity contribution >= 4 is 35.0 Å². The van der Waals surface area contributed by atoms with Crippen molar-refractivity contribution in [1.82, 2.24) is 14.7 Å². The fourth-order valence-corrected chi connectivity index (χ4v) is 4.84. The van der Waals surface area contributed by atoms with Crippen LogP contribution in [0.15, 0.2) is 48.5 Å². The molecular weight excluding hydrogens is 421 g/mol. The molecule has 2 heterocycles. The molecule has 1 unspecified atom stereocenters. The Kier molecular flexibility index (Phi) is 6.61.